The van der Waals surface area contributed by atoms with Crippen molar-refractivity contribution in [2.75, 3.05) is 0 Å². The van der Waals surface area contributed by atoms with Crippen LogP contribution in [0.15, 0.2) is 17.0 Å². The van der Waals surface area contributed by atoms with Crippen LogP contribution in [0.4, 0.5) is 26.3 Å². The second kappa shape index (κ2) is 6.63. The summed E-state index contributed by atoms with van der Waals surface area (Å²) >= 11 is 10.3. The van der Waals surface area contributed by atoms with E-state index in [-0.39, 0.29) is 28.4 Å². The molecule has 0 aliphatic heterocycles. The number of alkyl halides is 6. The molecule has 0 fully saturated rings. The monoisotopic (exact) mass is 419 g/mol. The third-order valence-electron chi connectivity index (χ3n) is 2.94. The number of nitriles is 1. The molecule has 0 N–H and O–H groups in total. The molecule has 3 nitrogen and oxygen atoms in total. The van der Waals surface area contributed by atoms with Crippen LogP contribution in [0, 0.1) is 24.1 Å². The Labute approximate surface area is 151 Å². The molecule has 25 heavy (non-hydrogen) atoms. The lowest BCUT2D eigenvalue weighted by Crippen LogP contribution is -2.09. The van der Waals surface area contributed by atoms with Crippen LogP contribution in [0.3, 0.4) is 0 Å². The predicted molar refractivity (Wildman–Crippen MR) is 79.6 cm³/mol. The molecule has 0 spiro atoms. The zero-order valence-corrected chi connectivity index (χ0v) is 14.3. The highest BCUT2D eigenvalue weighted by atomic mass is 35.5. The third kappa shape index (κ3) is 4.16. The van der Waals surface area contributed by atoms with Crippen molar-refractivity contribution in [2.24, 2.45) is 0 Å². The van der Waals surface area contributed by atoms with Crippen molar-refractivity contribution in [1.82, 2.24) is 9.78 Å². The fourth-order valence-electron chi connectivity index (χ4n) is 1.95. The smallest absolute Gasteiger partial charge is 0.231 e. The van der Waals surface area contributed by atoms with Crippen LogP contribution in [0.2, 0.25) is 5.02 Å². The minimum atomic E-state index is -4.83. The van der Waals surface area contributed by atoms with Crippen molar-refractivity contribution >= 4 is 35.0 Å². The molecule has 12 heteroatoms. The first kappa shape index (κ1) is 19.8. The summed E-state index contributed by atoms with van der Waals surface area (Å²) in [5, 5.41) is 12.0. The van der Waals surface area contributed by atoms with Crippen LogP contribution in [0.5, 0.6) is 0 Å². The summed E-state index contributed by atoms with van der Waals surface area (Å²) in [6.45, 7) is 1.21. The van der Waals surface area contributed by atoms with Gasteiger partial charge >= 0.3 is 10.9 Å². The lowest BCUT2D eigenvalue weighted by molar-refractivity contribution is -0.137. The summed E-state index contributed by atoms with van der Waals surface area (Å²) in [6, 6.07) is 2.19. The van der Waals surface area contributed by atoms with E-state index >= 15 is 0 Å². The molecule has 1 heterocycles. The number of hydrogen-bond acceptors (Lipinski definition) is 3. The zero-order chi connectivity index (χ0) is 19.2. The maximum atomic E-state index is 14.2. The molecular formula is C13H5Cl2F6N3S. The third-order valence-corrected chi connectivity index (χ3v) is 4.39. The van der Waals surface area contributed by atoms with Gasteiger partial charge in [0.15, 0.2) is 11.5 Å². The van der Waals surface area contributed by atoms with Gasteiger partial charge in [-0.2, -0.15) is 32.3 Å². The van der Waals surface area contributed by atoms with Gasteiger partial charge in [-0.1, -0.05) is 11.6 Å². The normalized spacial score (nSPS) is 12.3. The molecule has 1 aromatic carbocycles. The first-order valence-electron chi connectivity index (χ1n) is 6.17. The van der Waals surface area contributed by atoms with Gasteiger partial charge in [-0.15, -0.1) is 0 Å². The van der Waals surface area contributed by atoms with Crippen LogP contribution in [-0.2, 0) is 6.18 Å². The van der Waals surface area contributed by atoms with Gasteiger partial charge in [0, 0.05) is 0 Å². The average Bonchev–Trinajstić information content (AvgIpc) is 2.73. The Morgan fingerprint density at radius 2 is 1.84 bits per heavy atom. The quantitative estimate of drug-likeness (QED) is 0.361. The van der Waals surface area contributed by atoms with Crippen molar-refractivity contribution in [3.05, 3.63) is 39.9 Å². The Kier molecular flexibility index (Phi) is 5.23. The molecule has 0 aliphatic rings. The second-order valence-electron chi connectivity index (χ2n) is 4.62. The first-order valence-corrected chi connectivity index (χ1v) is 7.74. The molecule has 2 rings (SSSR count). The van der Waals surface area contributed by atoms with E-state index < -0.39 is 38.7 Å². The number of hydrogen-bond donors (Lipinski definition) is 0. The van der Waals surface area contributed by atoms with Crippen molar-refractivity contribution in [1.29, 1.82) is 5.26 Å². The van der Waals surface area contributed by atoms with E-state index in [0.717, 1.165) is 0 Å². The average molecular weight is 420 g/mol. The van der Waals surface area contributed by atoms with Crippen LogP contribution in [0.1, 0.15) is 17.0 Å². The van der Waals surface area contributed by atoms with Crippen LogP contribution in [-0.4, -0.2) is 14.5 Å². The van der Waals surface area contributed by atoms with Gasteiger partial charge < -0.3 is 0 Å². The van der Waals surface area contributed by atoms with E-state index in [9.17, 15) is 26.3 Å². The van der Waals surface area contributed by atoms with E-state index in [2.05, 4.69) is 5.10 Å². The zero-order valence-electron chi connectivity index (χ0n) is 11.9. The first-order chi connectivity index (χ1) is 11.3. The predicted octanol–water partition coefficient (Wildman–Crippen LogP) is 5.74. The van der Waals surface area contributed by atoms with Gasteiger partial charge in [-0.05, 0) is 42.4 Å². The molecule has 0 unspecified atom stereocenters. The van der Waals surface area contributed by atoms with Crippen LogP contribution in [0.25, 0.3) is 5.69 Å². The topological polar surface area (TPSA) is 41.6 Å². The Balaban J connectivity index is 2.66. The van der Waals surface area contributed by atoms with Gasteiger partial charge in [0.2, 0.25) is 0 Å². The van der Waals surface area contributed by atoms with Gasteiger partial charge in [0.25, 0.3) is 0 Å². The SMILES string of the molecule is Cc1c(SC(F)(F)Cl)c(C#N)nn1-c1c(F)cc(C(F)(F)F)cc1Cl. The van der Waals surface area contributed by atoms with E-state index in [1.54, 1.807) is 0 Å². The summed E-state index contributed by atoms with van der Waals surface area (Å²) in [5.74, 6) is -1.39. The number of benzene rings is 1. The molecule has 1 aromatic heterocycles. The second-order valence-corrected chi connectivity index (χ2v) is 6.85. The lowest BCUT2D eigenvalue weighted by Gasteiger charge is -2.13. The molecule has 0 saturated carbocycles. The highest BCUT2D eigenvalue weighted by Crippen LogP contribution is 2.43. The number of nitrogens with zero attached hydrogens (tertiary/aromatic N) is 3. The highest BCUT2D eigenvalue weighted by Gasteiger charge is 2.34. The fourth-order valence-corrected chi connectivity index (χ4v) is 3.12. The number of halogens is 8. The largest absolute Gasteiger partial charge is 0.416 e. The Morgan fingerprint density at radius 1 is 1.24 bits per heavy atom. The number of rotatable bonds is 3. The molecule has 134 valence electrons. The van der Waals surface area contributed by atoms with E-state index in [0.29, 0.717) is 10.7 Å². The molecule has 0 atom stereocenters. The maximum Gasteiger partial charge on any atom is 0.416 e. The fraction of sp³-hybridized carbons (Fsp3) is 0.231. The van der Waals surface area contributed by atoms with Crippen molar-refractivity contribution in [3.63, 3.8) is 0 Å². The maximum absolute atomic E-state index is 14.2. The van der Waals surface area contributed by atoms with Crippen LogP contribution >= 0.6 is 35.0 Å². The van der Waals surface area contributed by atoms with Crippen molar-refractivity contribution < 1.29 is 26.3 Å². The van der Waals surface area contributed by atoms with Crippen molar-refractivity contribution in [3.8, 4) is 11.8 Å². The number of aromatic nitrogens is 2. The molecule has 2 aromatic rings. The lowest BCUT2D eigenvalue weighted by atomic mass is 10.2. The molecule has 0 saturated heterocycles. The summed E-state index contributed by atoms with van der Waals surface area (Å²) in [4.78, 5) is -0.349. The minimum Gasteiger partial charge on any atom is -0.231 e. The van der Waals surface area contributed by atoms with E-state index in [4.69, 9.17) is 28.5 Å². The summed E-state index contributed by atoms with van der Waals surface area (Å²) < 4.78 is 75.2. The number of thioether (sulfide) groups is 1. The van der Waals surface area contributed by atoms with Gasteiger partial charge in [0.05, 0.1) is 21.2 Å². The van der Waals surface area contributed by atoms with Crippen LogP contribution < -0.4 is 0 Å². The molecule has 0 bridgehead atoms. The summed E-state index contributed by atoms with van der Waals surface area (Å²) in [5.41, 5.74) is -2.57. The van der Waals surface area contributed by atoms with Gasteiger partial charge in [-0.3, -0.25) is 0 Å². The van der Waals surface area contributed by atoms with Gasteiger partial charge in [0.1, 0.15) is 11.8 Å². The van der Waals surface area contributed by atoms with E-state index in [1.807, 2.05) is 0 Å². The standard InChI is InChI=1S/C13H5Cl2F6N3S/c1-5-11(25-13(15,20)21)9(4-22)23-24(5)10-7(14)2-6(3-8(10)16)12(17,18)19/h2-3H,1H3. The van der Waals surface area contributed by atoms with E-state index in [1.165, 1.54) is 13.0 Å². The molecular weight excluding hydrogens is 415 g/mol. The van der Waals surface area contributed by atoms with Crippen molar-refractivity contribution in [2.45, 2.75) is 22.7 Å². The Hall–Kier alpha value is -1.57. The Bertz CT molecular complexity index is 843. The summed E-state index contributed by atoms with van der Waals surface area (Å²) in [7, 11) is 0. The Morgan fingerprint density at radius 3 is 2.28 bits per heavy atom. The molecule has 0 aliphatic carbocycles. The van der Waals surface area contributed by atoms with Gasteiger partial charge in [-0.25, -0.2) is 9.07 Å². The highest BCUT2D eigenvalue weighted by molar-refractivity contribution is 8.01. The summed E-state index contributed by atoms with van der Waals surface area (Å²) in [6.07, 6.45) is -4.83. The molecule has 0 radical (unpaired) electrons. The minimum absolute atomic E-state index is 0.137. The molecule has 0 amide bonds.